The fourth-order valence-corrected chi connectivity index (χ4v) is 3.10. The van der Waals surface area contributed by atoms with Crippen LogP contribution in [0.1, 0.15) is 25.0 Å². The minimum Gasteiger partial charge on any atom is -0.493 e. The minimum absolute atomic E-state index is 0.0597. The van der Waals surface area contributed by atoms with Gasteiger partial charge in [0.05, 0.1) is 12.9 Å². The molecule has 0 radical (unpaired) electrons. The molecule has 0 aliphatic carbocycles. The van der Waals surface area contributed by atoms with Crippen LogP contribution in [0.25, 0.3) is 0 Å². The van der Waals surface area contributed by atoms with Crippen LogP contribution < -0.4 is 14.2 Å². The van der Waals surface area contributed by atoms with Gasteiger partial charge >= 0.3 is 16.1 Å². The predicted molar refractivity (Wildman–Crippen MR) is 108 cm³/mol. The number of carbonyl (C=O) groups excluding carboxylic acids is 1. The van der Waals surface area contributed by atoms with E-state index in [-0.39, 0.29) is 42.2 Å². The van der Waals surface area contributed by atoms with Gasteiger partial charge in [0.15, 0.2) is 11.5 Å². The highest BCUT2D eigenvalue weighted by molar-refractivity contribution is 7.87. The van der Waals surface area contributed by atoms with Crippen LogP contribution in [0.15, 0.2) is 42.5 Å². The van der Waals surface area contributed by atoms with Gasteiger partial charge in [0, 0.05) is 19.6 Å². The molecular formula is C20H25FN2O5S. The molecule has 9 heteroatoms. The number of hydrogen-bond acceptors (Lipinski definition) is 5. The third-order valence-electron chi connectivity index (χ3n) is 4.07. The molecule has 0 heterocycles. The quantitative estimate of drug-likeness (QED) is 0.625. The lowest BCUT2D eigenvalue weighted by Gasteiger charge is -2.23. The van der Waals surface area contributed by atoms with Crippen molar-refractivity contribution in [3.63, 3.8) is 0 Å². The summed E-state index contributed by atoms with van der Waals surface area (Å²) >= 11 is 0. The maximum atomic E-state index is 13.2. The van der Waals surface area contributed by atoms with Gasteiger partial charge in [0.2, 0.25) is 0 Å². The van der Waals surface area contributed by atoms with Gasteiger partial charge in [0.1, 0.15) is 5.82 Å². The molecule has 0 aromatic heterocycles. The molecule has 2 aromatic carbocycles. The van der Waals surface area contributed by atoms with Crippen molar-refractivity contribution >= 4 is 16.1 Å². The lowest BCUT2D eigenvalue weighted by atomic mass is 10.1. The van der Waals surface area contributed by atoms with E-state index >= 15 is 0 Å². The molecule has 0 spiro atoms. The first-order valence-corrected chi connectivity index (χ1v) is 10.7. The van der Waals surface area contributed by atoms with E-state index in [0.29, 0.717) is 12.1 Å². The van der Waals surface area contributed by atoms with Crippen molar-refractivity contribution in [3.05, 3.63) is 59.4 Å². The number of benzene rings is 2. The number of amides is 2. The lowest BCUT2D eigenvalue weighted by molar-refractivity contribution is 0.193. The van der Waals surface area contributed by atoms with Crippen LogP contribution in [0.2, 0.25) is 0 Å². The second-order valence-electron chi connectivity index (χ2n) is 6.23. The van der Waals surface area contributed by atoms with Gasteiger partial charge < -0.3 is 19.1 Å². The number of methoxy groups -OCH3 is 1. The number of carbonyl (C=O) groups is 1. The summed E-state index contributed by atoms with van der Waals surface area (Å²) in [4.78, 5) is 14.0. The average molecular weight is 424 g/mol. The molecule has 0 saturated carbocycles. The standard InChI is InChI=1S/C20H25FN2O5S/c1-4-22-20(24)23(13-15-6-9-17(21)10-7-15)14-16-8-11-18(27-3)19(12-16)28-29(25,26)5-2/h6-12H,4-5,13-14H2,1-3H3,(H,22,24). The largest absolute Gasteiger partial charge is 0.493 e. The molecule has 2 amide bonds. The third-order valence-corrected chi connectivity index (χ3v) is 5.21. The molecule has 0 aliphatic rings. The van der Waals surface area contributed by atoms with Crippen molar-refractivity contribution in [1.29, 1.82) is 0 Å². The summed E-state index contributed by atoms with van der Waals surface area (Å²) in [6.45, 7) is 4.18. The van der Waals surface area contributed by atoms with Crippen LogP contribution in [-0.4, -0.2) is 38.8 Å². The van der Waals surface area contributed by atoms with Gasteiger partial charge in [-0.3, -0.25) is 0 Å². The lowest BCUT2D eigenvalue weighted by Crippen LogP contribution is -2.39. The van der Waals surface area contributed by atoms with Crippen molar-refractivity contribution < 1.29 is 26.5 Å². The molecule has 7 nitrogen and oxygen atoms in total. The van der Waals surface area contributed by atoms with Crippen LogP contribution in [-0.2, 0) is 23.2 Å². The van der Waals surface area contributed by atoms with Crippen LogP contribution in [0.3, 0.4) is 0 Å². The van der Waals surface area contributed by atoms with Gasteiger partial charge in [-0.2, -0.15) is 8.42 Å². The number of ether oxygens (including phenoxy) is 1. The first-order valence-electron chi connectivity index (χ1n) is 9.14. The molecule has 0 bridgehead atoms. The Hall–Kier alpha value is -2.81. The Bertz CT molecular complexity index is 932. The Kier molecular flexibility index (Phi) is 7.83. The van der Waals surface area contributed by atoms with Crippen LogP contribution >= 0.6 is 0 Å². The van der Waals surface area contributed by atoms with Crippen LogP contribution in [0.5, 0.6) is 11.5 Å². The van der Waals surface area contributed by atoms with Crippen molar-refractivity contribution in [3.8, 4) is 11.5 Å². The minimum atomic E-state index is -3.74. The maximum absolute atomic E-state index is 13.2. The third kappa shape index (κ3) is 6.63. The van der Waals surface area contributed by atoms with Crippen molar-refractivity contribution in [2.24, 2.45) is 0 Å². The van der Waals surface area contributed by atoms with Crippen molar-refractivity contribution in [2.75, 3.05) is 19.4 Å². The molecule has 0 atom stereocenters. The molecule has 0 aliphatic heterocycles. The number of hydrogen-bond donors (Lipinski definition) is 1. The molecular weight excluding hydrogens is 399 g/mol. The molecule has 0 saturated heterocycles. The van der Waals surface area contributed by atoms with E-state index in [1.807, 2.05) is 6.92 Å². The summed E-state index contributed by atoms with van der Waals surface area (Å²) in [5.74, 6) is -0.207. The molecule has 158 valence electrons. The second kappa shape index (κ2) is 10.1. The van der Waals surface area contributed by atoms with E-state index in [1.54, 1.807) is 24.3 Å². The summed E-state index contributed by atoms with van der Waals surface area (Å²) in [5, 5.41) is 2.74. The highest BCUT2D eigenvalue weighted by Crippen LogP contribution is 2.30. The van der Waals surface area contributed by atoms with Crippen molar-refractivity contribution in [1.82, 2.24) is 10.2 Å². The van der Waals surface area contributed by atoms with Crippen LogP contribution in [0, 0.1) is 5.82 Å². The second-order valence-corrected chi connectivity index (χ2v) is 8.09. The summed E-state index contributed by atoms with van der Waals surface area (Å²) in [5.41, 5.74) is 1.41. The summed E-state index contributed by atoms with van der Waals surface area (Å²) in [7, 11) is -2.32. The molecule has 0 unspecified atom stereocenters. The highest BCUT2D eigenvalue weighted by atomic mass is 32.2. The molecule has 0 fully saturated rings. The fourth-order valence-electron chi connectivity index (χ4n) is 2.57. The Morgan fingerprint density at radius 3 is 2.24 bits per heavy atom. The monoisotopic (exact) mass is 424 g/mol. The highest BCUT2D eigenvalue weighted by Gasteiger charge is 2.18. The smallest absolute Gasteiger partial charge is 0.317 e. The number of rotatable bonds is 9. The van der Waals surface area contributed by atoms with E-state index in [4.69, 9.17) is 8.92 Å². The van der Waals surface area contributed by atoms with Crippen LogP contribution in [0.4, 0.5) is 9.18 Å². The molecule has 2 aromatic rings. The first kappa shape index (κ1) is 22.5. The summed E-state index contributed by atoms with van der Waals surface area (Å²) in [6, 6.07) is 10.4. The SMILES string of the molecule is CCNC(=O)N(Cc1ccc(F)cc1)Cc1ccc(OC)c(OS(=O)(=O)CC)c1. The summed E-state index contributed by atoms with van der Waals surface area (Å²) in [6.07, 6.45) is 0. The van der Waals surface area contributed by atoms with E-state index in [2.05, 4.69) is 5.32 Å². The number of nitrogens with zero attached hydrogens (tertiary/aromatic N) is 1. The Balaban J connectivity index is 2.29. The maximum Gasteiger partial charge on any atom is 0.317 e. The number of urea groups is 1. The topological polar surface area (TPSA) is 84.9 Å². The fraction of sp³-hybridized carbons (Fsp3) is 0.350. The Morgan fingerprint density at radius 2 is 1.66 bits per heavy atom. The van der Waals surface area contributed by atoms with Gasteiger partial charge in [0.25, 0.3) is 0 Å². The summed E-state index contributed by atoms with van der Waals surface area (Å²) < 4.78 is 47.2. The zero-order valence-corrected chi connectivity index (χ0v) is 17.5. The van der Waals surface area contributed by atoms with E-state index in [0.717, 1.165) is 5.56 Å². The molecule has 1 N–H and O–H groups in total. The molecule has 2 rings (SSSR count). The normalized spacial score (nSPS) is 11.0. The van der Waals surface area contributed by atoms with Gasteiger partial charge in [-0.1, -0.05) is 18.2 Å². The average Bonchev–Trinajstić information content (AvgIpc) is 2.69. The van der Waals surface area contributed by atoms with Gasteiger partial charge in [-0.05, 0) is 49.2 Å². The van der Waals surface area contributed by atoms with Crippen molar-refractivity contribution in [2.45, 2.75) is 26.9 Å². The zero-order valence-electron chi connectivity index (χ0n) is 16.6. The van der Waals surface area contributed by atoms with Gasteiger partial charge in [-0.25, -0.2) is 9.18 Å². The number of nitrogens with one attached hydrogen (secondary N) is 1. The van der Waals surface area contributed by atoms with E-state index in [1.165, 1.54) is 37.1 Å². The Morgan fingerprint density at radius 1 is 1.03 bits per heavy atom. The Labute approximate surface area is 170 Å². The van der Waals surface area contributed by atoms with Gasteiger partial charge in [-0.15, -0.1) is 0 Å². The first-order chi connectivity index (χ1) is 13.8. The van der Waals surface area contributed by atoms with E-state index < -0.39 is 10.1 Å². The predicted octanol–water partition coefficient (Wildman–Crippen LogP) is 3.29. The zero-order chi connectivity index (χ0) is 21.4. The molecule has 29 heavy (non-hydrogen) atoms. The number of halogens is 1. The van der Waals surface area contributed by atoms with E-state index in [9.17, 15) is 17.6 Å².